The lowest BCUT2D eigenvalue weighted by molar-refractivity contribution is 0.412. The van der Waals surface area contributed by atoms with Gasteiger partial charge in [-0.1, -0.05) is 45.4 Å². The molecule has 0 saturated heterocycles. The summed E-state index contributed by atoms with van der Waals surface area (Å²) in [5.41, 5.74) is 0. The molecule has 2 nitrogen and oxygen atoms in total. The highest BCUT2D eigenvalue weighted by molar-refractivity contribution is 7.80. The van der Waals surface area contributed by atoms with Crippen molar-refractivity contribution in [1.29, 1.82) is 0 Å². The van der Waals surface area contributed by atoms with Gasteiger partial charge in [-0.25, -0.2) is 0 Å². The van der Waals surface area contributed by atoms with Crippen LogP contribution in [-0.2, 0) is 0 Å². The summed E-state index contributed by atoms with van der Waals surface area (Å²) < 4.78 is 0. The zero-order valence-corrected chi connectivity index (χ0v) is 11.4. The first-order valence-electron chi connectivity index (χ1n) is 6.87. The van der Waals surface area contributed by atoms with Crippen LogP contribution in [0, 0.1) is 0 Å². The lowest BCUT2D eigenvalue weighted by atomic mass is 9.96. The number of thiocarbonyl (C=S) groups is 1. The molecule has 0 radical (unpaired) electrons. The van der Waals surface area contributed by atoms with E-state index in [0.29, 0.717) is 6.04 Å². The Balaban J connectivity index is 1.97. The van der Waals surface area contributed by atoms with Crippen molar-refractivity contribution in [3.05, 3.63) is 0 Å². The van der Waals surface area contributed by atoms with Gasteiger partial charge in [-0.05, 0) is 31.5 Å². The fraction of sp³-hybridized carbons (Fsp3) is 0.923. The molecule has 1 aliphatic carbocycles. The zero-order valence-electron chi connectivity index (χ0n) is 10.6. The molecule has 0 aromatic heterocycles. The molecule has 3 heteroatoms. The minimum atomic E-state index is 0.629. The Morgan fingerprint density at radius 2 is 1.88 bits per heavy atom. The number of hydrogen-bond acceptors (Lipinski definition) is 1. The lowest BCUT2D eigenvalue weighted by Gasteiger charge is -2.24. The molecule has 0 aromatic carbocycles. The summed E-state index contributed by atoms with van der Waals surface area (Å²) in [5.74, 6) is 0. The molecule has 1 aliphatic rings. The Kier molecular flexibility index (Phi) is 7.56. The van der Waals surface area contributed by atoms with Crippen molar-refractivity contribution in [2.75, 3.05) is 6.54 Å². The predicted octanol–water partition coefficient (Wildman–Crippen LogP) is 3.36. The minimum Gasteiger partial charge on any atom is -0.363 e. The summed E-state index contributed by atoms with van der Waals surface area (Å²) in [7, 11) is 0. The number of nitrogens with one attached hydrogen (secondary N) is 2. The maximum Gasteiger partial charge on any atom is 0.166 e. The van der Waals surface area contributed by atoms with Crippen molar-refractivity contribution in [2.24, 2.45) is 0 Å². The minimum absolute atomic E-state index is 0.629. The Labute approximate surface area is 106 Å². The van der Waals surface area contributed by atoms with Crippen LogP contribution in [0.3, 0.4) is 0 Å². The van der Waals surface area contributed by atoms with E-state index in [9.17, 15) is 0 Å². The van der Waals surface area contributed by atoms with Gasteiger partial charge in [0.1, 0.15) is 0 Å². The molecule has 0 spiro atoms. The molecule has 94 valence electrons. The standard InChI is InChI=1S/C13H26N2S/c1-2-3-4-8-11-14-13(16)15-12-9-6-5-7-10-12/h12H,2-11H2,1H3,(H2,14,15,16). The molecule has 0 unspecified atom stereocenters. The maximum atomic E-state index is 5.29. The summed E-state index contributed by atoms with van der Waals surface area (Å²) in [6.07, 6.45) is 11.9. The van der Waals surface area contributed by atoms with E-state index in [4.69, 9.17) is 12.2 Å². The van der Waals surface area contributed by atoms with Gasteiger partial charge < -0.3 is 10.6 Å². The van der Waals surface area contributed by atoms with Crippen LogP contribution >= 0.6 is 12.2 Å². The summed E-state index contributed by atoms with van der Waals surface area (Å²) >= 11 is 5.29. The van der Waals surface area contributed by atoms with Gasteiger partial charge in [0.15, 0.2) is 5.11 Å². The van der Waals surface area contributed by atoms with Gasteiger partial charge >= 0.3 is 0 Å². The van der Waals surface area contributed by atoms with Gasteiger partial charge in [0.2, 0.25) is 0 Å². The van der Waals surface area contributed by atoms with Gasteiger partial charge in [-0.3, -0.25) is 0 Å². The summed E-state index contributed by atoms with van der Waals surface area (Å²) in [6, 6.07) is 0.629. The van der Waals surface area contributed by atoms with E-state index in [0.717, 1.165) is 11.7 Å². The fourth-order valence-corrected chi connectivity index (χ4v) is 2.51. The zero-order chi connectivity index (χ0) is 11.6. The summed E-state index contributed by atoms with van der Waals surface area (Å²) in [6.45, 7) is 3.27. The smallest absolute Gasteiger partial charge is 0.166 e. The third-order valence-electron chi connectivity index (χ3n) is 3.26. The third kappa shape index (κ3) is 6.31. The van der Waals surface area contributed by atoms with E-state index < -0.39 is 0 Å². The van der Waals surface area contributed by atoms with Crippen LogP contribution in [0.15, 0.2) is 0 Å². The quantitative estimate of drug-likeness (QED) is 0.552. The van der Waals surface area contributed by atoms with Crippen LogP contribution in [-0.4, -0.2) is 17.7 Å². The van der Waals surface area contributed by atoms with E-state index in [-0.39, 0.29) is 0 Å². The van der Waals surface area contributed by atoms with E-state index in [2.05, 4.69) is 17.6 Å². The predicted molar refractivity (Wildman–Crippen MR) is 74.8 cm³/mol. The molecular formula is C13H26N2S. The first-order chi connectivity index (χ1) is 7.83. The lowest BCUT2D eigenvalue weighted by Crippen LogP contribution is -2.42. The molecular weight excluding hydrogens is 216 g/mol. The molecule has 0 heterocycles. The maximum absolute atomic E-state index is 5.29. The van der Waals surface area contributed by atoms with Crippen molar-refractivity contribution in [3.63, 3.8) is 0 Å². The second kappa shape index (κ2) is 8.80. The molecule has 1 saturated carbocycles. The molecule has 0 aromatic rings. The summed E-state index contributed by atoms with van der Waals surface area (Å²) in [4.78, 5) is 0. The molecule has 2 N–H and O–H groups in total. The van der Waals surface area contributed by atoms with E-state index in [1.807, 2.05) is 0 Å². The van der Waals surface area contributed by atoms with Crippen LogP contribution in [0.4, 0.5) is 0 Å². The molecule has 0 amide bonds. The van der Waals surface area contributed by atoms with Gasteiger partial charge in [0, 0.05) is 12.6 Å². The van der Waals surface area contributed by atoms with Crippen LogP contribution in [0.2, 0.25) is 0 Å². The Morgan fingerprint density at radius 3 is 2.56 bits per heavy atom. The van der Waals surface area contributed by atoms with Crippen LogP contribution < -0.4 is 10.6 Å². The Morgan fingerprint density at radius 1 is 1.12 bits per heavy atom. The number of unbranched alkanes of at least 4 members (excludes halogenated alkanes) is 3. The van der Waals surface area contributed by atoms with E-state index >= 15 is 0 Å². The first-order valence-corrected chi connectivity index (χ1v) is 7.28. The third-order valence-corrected chi connectivity index (χ3v) is 3.52. The van der Waals surface area contributed by atoms with E-state index in [1.54, 1.807) is 0 Å². The van der Waals surface area contributed by atoms with Crippen LogP contribution in [0.1, 0.15) is 64.7 Å². The molecule has 0 bridgehead atoms. The van der Waals surface area contributed by atoms with Crippen molar-refractivity contribution in [1.82, 2.24) is 10.6 Å². The normalized spacial score (nSPS) is 17.1. The van der Waals surface area contributed by atoms with Crippen LogP contribution in [0.5, 0.6) is 0 Å². The molecule has 0 atom stereocenters. The van der Waals surface area contributed by atoms with Crippen LogP contribution in [0.25, 0.3) is 0 Å². The van der Waals surface area contributed by atoms with Gasteiger partial charge in [-0.15, -0.1) is 0 Å². The van der Waals surface area contributed by atoms with Gasteiger partial charge in [-0.2, -0.15) is 0 Å². The number of hydrogen-bond donors (Lipinski definition) is 2. The largest absolute Gasteiger partial charge is 0.363 e. The molecule has 1 fully saturated rings. The van der Waals surface area contributed by atoms with Crippen molar-refractivity contribution in [3.8, 4) is 0 Å². The Hall–Kier alpha value is -0.310. The Bertz CT molecular complexity index is 188. The fourth-order valence-electron chi connectivity index (χ4n) is 2.24. The molecule has 0 aliphatic heterocycles. The highest BCUT2D eigenvalue weighted by atomic mass is 32.1. The SMILES string of the molecule is CCCCCCNC(=S)NC1CCCCC1. The number of rotatable bonds is 6. The second-order valence-electron chi connectivity index (χ2n) is 4.80. The average molecular weight is 242 g/mol. The topological polar surface area (TPSA) is 24.1 Å². The average Bonchev–Trinajstić information content (AvgIpc) is 2.30. The van der Waals surface area contributed by atoms with Crippen molar-refractivity contribution >= 4 is 17.3 Å². The highest BCUT2D eigenvalue weighted by Gasteiger charge is 2.13. The van der Waals surface area contributed by atoms with Crippen molar-refractivity contribution in [2.45, 2.75) is 70.8 Å². The van der Waals surface area contributed by atoms with Gasteiger partial charge in [0.05, 0.1) is 0 Å². The molecule has 16 heavy (non-hydrogen) atoms. The highest BCUT2D eigenvalue weighted by Crippen LogP contribution is 2.17. The monoisotopic (exact) mass is 242 g/mol. The van der Waals surface area contributed by atoms with E-state index in [1.165, 1.54) is 57.8 Å². The molecule has 1 rings (SSSR count). The first kappa shape index (κ1) is 13.8. The van der Waals surface area contributed by atoms with Crippen molar-refractivity contribution < 1.29 is 0 Å². The summed E-state index contributed by atoms with van der Waals surface area (Å²) in [5, 5.41) is 7.60. The van der Waals surface area contributed by atoms with Gasteiger partial charge in [0.25, 0.3) is 0 Å². The second-order valence-corrected chi connectivity index (χ2v) is 5.20.